The molecular weight excluding hydrogens is 330 g/mol. The van der Waals surface area contributed by atoms with Crippen LogP contribution in [0.15, 0.2) is 30.3 Å². The van der Waals surface area contributed by atoms with Crippen molar-refractivity contribution in [2.75, 3.05) is 26.3 Å². The van der Waals surface area contributed by atoms with Gasteiger partial charge in [0.25, 0.3) is 0 Å². The van der Waals surface area contributed by atoms with Crippen molar-refractivity contribution in [3.63, 3.8) is 0 Å². The van der Waals surface area contributed by atoms with Crippen LogP contribution < -0.4 is 10.6 Å². The first-order valence-corrected chi connectivity index (χ1v) is 9.70. The second-order valence-electron chi connectivity index (χ2n) is 7.13. The van der Waals surface area contributed by atoms with Crippen molar-refractivity contribution in [3.8, 4) is 0 Å². The average Bonchev–Trinajstić information content (AvgIpc) is 2.69. The third-order valence-corrected chi connectivity index (χ3v) is 5.15. The fourth-order valence-corrected chi connectivity index (χ4v) is 3.69. The van der Waals surface area contributed by atoms with Crippen LogP contribution in [0.4, 0.5) is 4.79 Å². The van der Waals surface area contributed by atoms with Gasteiger partial charge in [0.05, 0.1) is 13.2 Å². The molecule has 3 amide bonds. The Kier molecular flexibility index (Phi) is 6.89. The molecule has 1 heterocycles. The third-order valence-electron chi connectivity index (χ3n) is 5.15. The minimum absolute atomic E-state index is 0.0315. The summed E-state index contributed by atoms with van der Waals surface area (Å²) in [5.41, 5.74) is 1.04. The molecule has 6 nitrogen and oxygen atoms in total. The van der Waals surface area contributed by atoms with Gasteiger partial charge in [-0.3, -0.25) is 4.79 Å². The Morgan fingerprint density at radius 3 is 2.46 bits per heavy atom. The van der Waals surface area contributed by atoms with E-state index >= 15 is 0 Å². The number of rotatable bonds is 5. The van der Waals surface area contributed by atoms with E-state index in [1.807, 2.05) is 30.3 Å². The van der Waals surface area contributed by atoms with E-state index in [0.717, 1.165) is 31.2 Å². The van der Waals surface area contributed by atoms with E-state index in [-0.39, 0.29) is 18.0 Å². The fourth-order valence-electron chi connectivity index (χ4n) is 3.69. The number of carbonyl (C=O) groups is 2. The third kappa shape index (κ3) is 5.46. The Hall–Kier alpha value is -2.08. The van der Waals surface area contributed by atoms with Crippen LogP contribution >= 0.6 is 0 Å². The first-order chi connectivity index (χ1) is 12.7. The normalized spacial score (nSPS) is 19.6. The molecule has 0 unspecified atom stereocenters. The highest BCUT2D eigenvalue weighted by molar-refractivity contribution is 5.87. The van der Waals surface area contributed by atoms with Gasteiger partial charge in [0, 0.05) is 25.6 Å². The second kappa shape index (κ2) is 9.57. The molecule has 0 bridgehead atoms. The molecule has 0 spiro atoms. The molecule has 1 aliphatic heterocycles. The number of nitrogens with zero attached hydrogens (tertiary/aromatic N) is 1. The highest BCUT2D eigenvalue weighted by Gasteiger charge is 2.28. The molecule has 1 saturated heterocycles. The number of ether oxygens (including phenoxy) is 1. The second-order valence-corrected chi connectivity index (χ2v) is 7.13. The molecule has 1 aromatic carbocycles. The Bertz CT molecular complexity index is 581. The fraction of sp³-hybridized carbons (Fsp3) is 0.600. The van der Waals surface area contributed by atoms with Crippen molar-refractivity contribution >= 4 is 11.9 Å². The molecule has 1 saturated carbocycles. The van der Waals surface area contributed by atoms with E-state index in [1.54, 1.807) is 4.90 Å². The minimum atomic E-state index is -0.556. The molecule has 26 heavy (non-hydrogen) atoms. The lowest BCUT2D eigenvalue weighted by Crippen LogP contribution is -2.55. The largest absolute Gasteiger partial charge is 0.378 e. The monoisotopic (exact) mass is 359 g/mol. The molecule has 2 aliphatic rings. The van der Waals surface area contributed by atoms with Gasteiger partial charge in [0.15, 0.2) is 0 Å². The summed E-state index contributed by atoms with van der Waals surface area (Å²) < 4.78 is 5.34. The maximum Gasteiger partial charge on any atom is 0.315 e. The van der Waals surface area contributed by atoms with E-state index < -0.39 is 6.04 Å². The Balaban J connectivity index is 1.63. The lowest BCUT2D eigenvalue weighted by atomic mass is 9.96. The van der Waals surface area contributed by atoms with Crippen LogP contribution in [0, 0.1) is 0 Å². The van der Waals surface area contributed by atoms with E-state index in [4.69, 9.17) is 4.74 Å². The van der Waals surface area contributed by atoms with Gasteiger partial charge in [-0.1, -0.05) is 49.6 Å². The summed E-state index contributed by atoms with van der Waals surface area (Å²) in [4.78, 5) is 27.2. The number of amides is 3. The van der Waals surface area contributed by atoms with Crippen LogP contribution in [0.2, 0.25) is 0 Å². The first-order valence-electron chi connectivity index (χ1n) is 9.70. The van der Waals surface area contributed by atoms with Gasteiger partial charge in [-0.05, 0) is 18.4 Å². The van der Waals surface area contributed by atoms with Crippen LogP contribution in [-0.4, -0.2) is 55.2 Å². The number of hydrogen-bond donors (Lipinski definition) is 2. The van der Waals surface area contributed by atoms with Crippen molar-refractivity contribution in [3.05, 3.63) is 35.9 Å². The van der Waals surface area contributed by atoms with Gasteiger partial charge in [-0.2, -0.15) is 0 Å². The van der Waals surface area contributed by atoms with Crippen LogP contribution in [0.25, 0.3) is 0 Å². The average molecular weight is 359 g/mol. The number of nitrogens with one attached hydrogen (secondary N) is 2. The molecule has 2 N–H and O–H groups in total. The van der Waals surface area contributed by atoms with Crippen molar-refractivity contribution in [2.24, 2.45) is 0 Å². The molecule has 6 heteroatoms. The smallest absolute Gasteiger partial charge is 0.315 e. The van der Waals surface area contributed by atoms with Crippen LogP contribution in [0.1, 0.15) is 37.7 Å². The van der Waals surface area contributed by atoms with Gasteiger partial charge >= 0.3 is 6.03 Å². The van der Waals surface area contributed by atoms with Crippen molar-refractivity contribution in [1.29, 1.82) is 0 Å². The molecular formula is C20H29N3O3. The minimum Gasteiger partial charge on any atom is -0.378 e. The van der Waals surface area contributed by atoms with Crippen LogP contribution in [-0.2, 0) is 16.0 Å². The number of morpholine rings is 1. The van der Waals surface area contributed by atoms with E-state index in [0.29, 0.717) is 32.7 Å². The Morgan fingerprint density at radius 2 is 1.77 bits per heavy atom. The highest BCUT2D eigenvalue weighted by Crippen LogP contribution is 2.17. The maximum absolute atomic E-state index is 13.0. The summed E-state index contributed by atoms with van der Waals surface area (Å²) >= 11 is 0. The predicted octanol–water partition coefficient (Wildman–Crippen LogP) is 2.09. The predicted molar refractivity (Wildman–Crippen MR) is 99.9 cm³/mol. The quantitative estimate of drug-likeness (QED) is 0.846. The molecule has 142 valence electrons. The van der Waals surface area contributed by atoms with Gasteiger partial charge in [0.2, 0.25) is 5.91 Å². The zero-order chi connectivity index (χ0) is 18.2. The summed E-state index contributed by atoms with van der Waals surface area (Å²) in [6.07, 6.45) is 6.10. The zero-order valence-electron chi connectivity index (χ0n) is 15.3. The standard InChI is InChI=1S/C20H29N3O3/c24-19(23-11-13-26-14-12-23)18(15-16-7-3-1-4-8-16)22-20(25)21-17-9-5-2-6-10-17/h1,3-4,7-8,17-18H,2,5-6,9-15H2,(H2,21,22,25)/t18-/m1/s1. The van der Waals surface area contributed by atoms with Gasteiger partial charge in [-0.25, -0.2) is 4.79 Å². The van der Waals surface area contributed by atoms with Gasteiger partial charge < -0.3 is 20.3 Å². The van der Waals surface area contributed by atoms with Crippen LogP contribution in [0.5, 0.6) is 0 Å². The van der Waals surface area contributed by atoms with E-state index in [9.17, 15) is 9.59 Å². The Morgan fingerprint density at radius 1 is 1.08 bits per heavy atom. The molecule has 0 radical (unpaired) electrons. The van der Waals surface area contributed by atoms with Crippen LogP contribution in [0.3, 0.4) is 0 Å². The SMILES string of the molecule is O=C(NC1CCCCC1)N[C@H](Cc1ccccc1)C(=O)N1CCOCC1. The van der Waals surface area contributed by atoms with Crippen molar-refractivity contribution in [2.45, 2.75) is 50.6 Å². The zero-order valence-corrected chi connectivity index (χ0v) is 15.3. The number of hydrogen-bond acceptors (Lipinski definition) is 3. The number of benzene rings is 1. The molecule has 3 rings (SSSR count). The number of carbonyl (C=O) groups excluding carboxylic acids is 2. The van der Waals surface area contributed by atoms with Crippen molar-refractivity contribution < 1.29 is 14.3 Å². The van der Waals surface area contributed by atoms with Gasteiger partial charge in [0.1, 0.15) is 6.04 Å². The summed E-state index contributed by atoms with van der Waals surface area (Å²) in [6.45, 7) is 2.27. The maximum atomic E-state index is 13.0. The molecule has 1 aromatic rings. The Labute approximate surface area is 155 Å². The summed E-state index contributed by atoms with van der Waals surface area (Å²) in [7, 11) is 0. The van der Waals surface area contributed by atoms with E-state index in [1.165, 1.54) is 6.42 Å². The summed E-state index contributed by atoms with van der Waals surface area (Å²) in [6, 6.07) is 9.26. The molecule has 1 aliphatic carbocycles. The first kappa shape index (κ1) is 18.7. The summed E-state index contributed by atoms with van der Waals surface area (Å²) in [5, 5.41) is 5.98. The molecule has 0 aromatic heterocycles. The highest BCUT2D eigenvalue weighted by atomic mass is 16.5. The molecule has 1 atom stereocenters. The summed E-state index contributed by atoms with van der Waals surface area (Å²) in [5.74, 6) is -0.0315. The lowest BCUT2D eigenvalue weighted by molar-refractivity contribution is -0.137. The molecule has 2 fully saturated rings. The topological polar surface area (TPSA) is 70.7 Å². The van der Waals surface area contributed by atoms with Crippen molar-refractivity contribution in [1.82, 2.24) is 15.5 Å². The van der Waals surface area contributed by atoms with E-state index in [2.05, 4.69) is 10.6 Å². The van der Waals surface area contributed by atoms with Gasteiger partial charge in [-0.15, -0.1) is 0 Å². The number of urea groups is 1. The lowest BCUT2D eigenvalue weighted by Gasteiger charge is -2.31.